The predicted octanol–water partition coefficient (Wildman–Crippen LogP) is -1.10. The maximum atomic E-state index is 11.7. The Balaban J connectivity index is 0.00000180. The predicted molar refractivity (Wildman–Crippen MR) is 60.3 cm³/mol. The monoisotopic (exact) mass is 284 g/mol. The van der Waals surface area contributed by atoms with Crippen LogP contribution in [-0.4, -0.2) is 22.1 Å². The fourth-order valence-corrected chi connectivity index (χ4v) is 1.45. The van der Waals surface area contributed by atoms with Gasteiger partial charge in [0.05, 0.1) is 12.4 Å². The second-order valence-corrected chi connectivity index (χ2v) is 3.34. The van der Waals surface area contributed by atoms with E-state index < -0.39 is 5.97 Å². The molecule has 0 saturated heterocycles. The fourth-order valence-electron chi connectivity index (χ4n) is 1.45. The molecule has 0 N–H and O–H groups in total. The van der Waals surface area contributed by atoms with Gasteiger partial charge in [0.25, 0.3) is 0 Å². The first-order valence-electron chi connectivity index (χ1n) is 5.16. The van der Waals surface area contributed by atoms with E-state index in [-0.39, 0.29) is 75.2 Å². The molecule has 0 radical (unpaired) electrons. The molecule has 0 atom stereocenters. The van der Waals surface area contributed by atoms with Crippen molar-refractivity contribution in [2.75, 3.05) is 6.61 Å². The van der Waals surface area contributed by atoms with Crippen LogP contribution in [0.3, 0.4) is 0 Å². The second-order valence-electron chi connectivity index (χ2n) is 3.34. The summed E-state index contributed by atoms with van der Waals surface area (Å²) in [4.78, 5) is 15.5. The molecule has 0 fully saturated rings. The van der Waals surface area contributed by atoms with Crippen LogP contribution in [0.2, 0.25) is 0 Å². The van der Waals surface area contributed by atoms with Gasteiger partial charge in [-0.15, -0.1) is 0 Å². The van der Waals surface area contributed by atoms with Gasteiger partial charge in [-0.1, -0.05) is 0 Å². The standard InChI is InChI=1S/C10H9N6O2.K/c1-3-18-10(17)8-6(2)16-5-12-7(4-11)9(16)14-15-13-8;/h5H,3H2,1-2H3;/q-1;+1. The molecule has 0 bridgehead atoms. The summed E-state index contributed by atoms with van der Waals surface area (Å²) in [6.45, 7) is 3.59. The maximum Gasteiger partial charge on any atom is 1.00 e. The molecule has 1 aliphatic rings. The van der Waals surface area contributed by atoms with E-state index in [2.05, 4.69) is 20.7 Å². The van der Waals surface area contributed by atoms with Crippen LogP contribution in [0.1, 0.15) is 19.5 Å². The van der Waals surface area contributed by atoms with Crippen molar-refractivity contribution < 1.29 is 60.9 Å². The van der Waals surface area contributed by atoms with Gasteiger partial charge >= 0.3 is 57.4 Å². The Morgan fingerprint density at radius 2 is 2.37 bits per heavy atom. The van der Waals surface area contributed by atoms with Crippen molar-refractivity contribution in [1.29, 1.82) is 5.26 Å². The number of esters is 1. The van der Waals surface area contributed by atoms with Crippen molar-refractivity contribution in [3.63, 3.8) is 0 Å². The molecule has 92 valence electrons. The van der Waals surface area contributed by atoms with Gasteiger partial charge in [-0.3, -0.25) is 10.5 Å². The molecular weight excluding hydrogens is 275 g/mol. The van der Waals surface area contributed by atoms with Crippen LogP contribution in [0.4, 0.5) is 5.82 Å². The van der Waals surface area contributed by atoms with E-state index in [0.717, 1.165) is 0 Å². The Morgan fingerprint density at radius 1 is 1.63 bits per heavy atom. The number of ether oxygens (including phenoxy) is 1. The molecular formula is C10H9KN6O2. The molecule has 0 amide bonds. The zero-order chi connectivity index (χ0) is 13.1. The van der Waals surface area contributed by atoms with E-state index in [4.69, 9.17) is 10.00 Å². The van der Waals surface area contributed by atoms with Gasteiger partial charge in [0.15, 0.2) is 5.69 Å². The summed E-state index contributed by atoms with van der Waals surface area (Å²) in [6.07, 6.45) is 1.39. The second kappa shape index (κ2) is 6.92. The minimum absolute atomic E-state index is 0. The van der Waals surface area contributed by atoms with Gasteiger partial charge in [-0.2, -0.15) is 10.5 Å². The molecule has 9 heteroatoms. The van der Waals surface area contributed by atoms with E-state index in [0.29, 0.717) is 5.70 Å². The largest absolute Gasteiger partial charge is 1.00 e. The van der Waals surface area contributed by atoms with Crippen LogP contribution in [0.15, 0.2) is 22.4 Å². The van der Waals surface area contributed by atoms with E-state index >= 15 is 0 Å². The van der Waals surface area contributed by atoms with Crippen LogP contribution >= 0.6 is 0 Å². The smallest absolute Gasteiger partial charge is 0.462 e. The van der Waals surface area contributed by atoms with Gasteiger partial charge < -0.3 is 9.30 Å². The topological polar surface area (TPSA) is 107 Å². The molecule has 0 saturated carbocycles. The zero-order valence-corrected chi connectivity index (χ0v) is 13.9. The molecule has 2 rings (SSSR count). The SMILES string of the molecule is CCOC(=O)C1=C(C)n2cnc(C#N)c2[N-]N=N1.[K+]. The van der Waals surface area contributed by atoms with E-state index in [1.165, 1.54) is 10.9 Å². The number of imidazole rings is 1. The van der Waals surface area contributed by atoms with Crippen molar-refractivity contribution in [3.8, 4) is 6.07 Å². The molecule has 0 spiro atoms. The van der Waals surface area contributed by atoms with Gasteiger partial charge in [0.1, 0.15) is 11.8 Å². The Labute approximate surface area is 151 Å². The number of hydrogen-bond acceptors (Lipinski definition) is 6. The number of nitriles is 1. The van der Waals surface area contributed by atoms with Gasteiger partial charge in [-0.05, 0) is 19.5 Å². The number of nitrogens with zero attached hydrogens (tertiary/aromatic N) is 6. The van der Waals surface area contributed by atoms with Crippen molar-refractivity contribution in [2.24, 2.45) is 10.3 Å². The van der Waals surface area contributed by atoms with Crippen molar-refractivity contribution in [2.45, 2.75) is 13.8 Å². The van der Waals surface area contributed by atoms with Crippen molar-refractivity contribution in [1.82, 2.24) is 9.55 Å². The minimum Gasteiger partial charge on any atom is -0.462 e. The first-order valence-corrected chi connectivity index (χ1v) is 5.16. The zero-order valence-electron chi connectivity index (χ0n) is 10.8. The molecule has 19 heavy (non-hydrogen) atoms. The average molecular weight is 284 g/mol. The molecule has 2 heterocycles. The van der Waals surface area contributed by atoms with E-state index in [9.17, 15) is 4.79 Å². The molecule has 1 aliphatic heterocycles. The van der Waals surface area contributed by atoms with E-state index in [1.807, 2.05) is 6.07 Å². The fraction of sp³-hybridized carbons (Fsp3) is 0.300. The van der Waals surface area contributed by atoms with Gasteiger partial charge in [0, 0.05) is 6.33 Å². The molecule has 0 aliphatic carbocycles. The van der Waals surface area contributed by atoms with Gasteiger partial charge in [-0.25, -0.2) is 9.78 Å². The summed E-state index contributed by atoms with van der Waals surface area (Å²) in [5.41, 5.74) is 4.37. The Hall–Kier alpha value is -1.05. The third-order valence-electron chi connectivity index (χ3n) is 2.31. The number of carbonyl (C=O) groups is 1. The summed E-state index contributed by atoms with van der Waals surface area (Å²) in [7, 11) is 0. The number of carbonyl (C=O) groups excluding carboxylic acids is 1. The first-order chi connectivity index (χ1) is 8.69. The summed E-state index contributed by atoms with van der Waals surface area (Å²) < 4.78 is 6.34. The summed E-state index contributed by atoms with van der Waals surface area (Å²) >= 11 is 0. The number of fused-ring (bicyclic) bond motifs is 1. The number of rotatable bonds is 2. The quantitative estimate of drug-likeness (QED) is 0.507. The normalized spacial score (nSPS) is 12.7. The van der Waals surface area contributed by atoms with E-state index in [1.54, 1.807) is 13.8 Å². The molecule has 0 aromatic carbocycles. The summed E-state index contributed by atoms with van der Waals surface area (Å²) in [6, 6.07) is 1.89. The summed E-state index contributed by atoms with van der Waals surface area (Å²) in [5, 5.41) is 16.1. The van der Waals surface area contributed by atoms with Crippen LogP contribution < -0.4 is 51.4 Å². The maximum absolute atomic E-state index is 11.7. The average Bonchev–Trinajstić information content (AvgIpc) is 2.69. The van der Waals surface area contributed by atoms with Crippen molar-refractivity contribution >= 4 is 17.5 Å². The van der Waals surface area contributed by atoms with Crippen LogP contribution in [0, 0.1) is 11.3 Å². The first kappa shape index (κ1) is 16.0. The van der Waals surface area contributed by atoms with Crippen LogP contribution in [0.25, 0.3) is 11.1 Å². The van der Waals surface area contributed by atoms with Crippen LogP contribution in [-0.2, 0) is 9.53 Å². The molecule has 1 aromatic heterocycles. The number of allylic oxidation sites excluding steroid dienone is 1. The Bertz CT molecular complexity index is 598. The molecule has 8 nitrogen and oxygen atoms in total. The van der Waals surface area contributed by atoms with Gasteiger partial charge in [0.2, 0.25) is 0 Å². The third-order valence-corrected chi connectivity index (χ3v) is 2.31. The third kappa shape index (κ3) is 3.10. The summed E-state index contributed by atoms with van der Waals surface area (Å²) in [5.74, 6) is -0.341. The minimum atomic E-state index is -0.589. The molecule has 0 unspecified atom stereocenters. The number of hydrogen-bond donors (Lipinski definition) is 0. The van der Waals surface area contributed by atoms with Crippen molar-refractivity contribution in [3.05, 3.63) is 23.1 Å². The Morgan fingerprint density at radius 3 is 3.00 bits per heavy atom. The number of aromatic nitrogens is 2. The molecule has 1 aromatic rings. The Kier molecular flexibility index (Phi) is 5.83. The van der Waals surface area contributed by atoms with Crippen LogP contribution in [0.5, 0.6) is 0 Å².